The van der Waals surface area contributed by atoms with Gasteiger partial charge in [0.1, 0.15) is 5.75 Å². The van der Waals surface area contributed by atoms with Crippen LogP contribution in [0.3, 0.4) is 0 Å². The van der Waals surface area contributed by atoms with Crippen LogP contribution in [0.1, 0.15) is 19.4 Å². The Kier molecular flexibility index (Phi) is 5.96. The maximum absolute atomic E-state index is 12.4. The van der Waals surface area contributed by atoms with Crippen LogP contribution in [0.15, 0.2) is 29.7 Å². The molecular formula is C16H20ClN3O2S. The summed E-state index contributed by atoms with van der Waals surface area (Å²) in [4.78, 5) is 16.7. The van der Waals surface area contributed by atoms with Gasteiger partial charge in [0.2, 0.25) is 5.91 Å². The highest BCUT2D eigenvalue weighted by atomic mass is 35.5. The number of nitrogens with one attached hydrogen (secondary N) is 1. The van der Waals surface area contributed by atoms with Crippen molar-refractivity contribution < 1.29 is 9.53 Å². The summed E-state index contributed by atoms with van der Waals surface area (Å²) in [7, 11) is 1.55. The largest absolute Gasteiger partial charge is 0.495 e. The highest BCUT2D eigenvalue weighted by Crippen LogP contribution is 2.32. The number of imidazole rings is 1. The first kappa shape index (κ1) is 17.7. The second-order valence-electron chi connectivity index (χ2n) is 5.05. The van der Waals surface area contributed by atoms with Gasteiger partial charge in [-0.2, -0.15) is 0 Å². The van der Waals surface area contributed by atoms with E-state index in [9.17, 15) is 4.79 Å². The van der Waals surface area contributed by atoms with Crippen LogP contribution in [0.2, 0.25) is 5.02 Å². The van der Waals surface area contributed by atoms with E-state index in [1.54, 1.807) is 19.4 Å². The van der Waals surface area contributed by atoms with E-state index in [0.717, 1.165) is 17.3 Å². The topological polar surface area (TPSA) is 56.2 Å². The predicted octanol–water partition coefficient (Wildman–Crippen LogP) is 3.99. The average Bonchev–Trinajstić information content (AvgIpc) is 2.97. The summed E-state index contributed by atoms with van der Waals surface area (Å²) in [5.41, 5.74) is 1.50. The molecule has 2 aromatic rings. The molecule has 0 aliphatic carbocycles. The number of carbonyl (C=O) groups excluding carboxylic acids is 1. The molecule has 124 valence electrons. The number of aromatic nitrogens is 2. The number of thioether (sulfide) groups is 1. The van der Waals surface area contributed by atoms with Gasteiger partial charge in [-0.15, -0.1) is 0 Å². The van der Waals surface area contributed by atoms with Crippen molar-refractivity contribution in [3.05, 3.63) is 35.1 Å². The van der Waals surface area contributed by atoms with E-state index < -0.39 is 0 Å². The quantitative estimate of drug-likeness (QED) is 0.798. The highest BCUT2D eigenvalue weighted by Gasteiger charge is 2.19. The monoisotopic (exact) mass is 353 g/mol. The first-order chi connectivity index (χ1) is 11.0. The zero-order valence-corrected chi connectivity index (χ0v) is 15.2. The third-order valence-corrected chi connectivity index (χ3v) is 4.93. The predicted molar refractivity (Wildman–Crippen MR) is 94.6 cm³/mol. The number of halogens is 1. The zero-order valence-electron chi connectivity index (χ0n) is 13.6. The van der Waals surface area contributed by atoms with Crippen LogP contribution in [0, 0.1) is 6.92 Å². The van der Waals surface area contributed by atoms with E-state index >= 15 is 0 Å². The summed E-state index contributed by atoms with van der Waals surface area (Å²) >= 11 is 7.51. The third-order valence-electron chi connectivity index (χ3n) is 3.41. The molecule has 23 heavy (non-hydrogen) atoms. The molecule has 0 radical (unpaired) electrons. The molecule has 0 saturated carbocycles. The Labute approximate surface area is 145 Å². The van der Waals surface area contributed by atoms with Gasteiger partial charge in [-0.05, 0) is 32.4 Å². The molecule has 1 amide bonds. The fourth-order valence-corrected chi connectivity index (χ4v) is 3.11. The molecule has 1 heterocycles. The molecule has 1 atom stereocenters. The van der Waals surface area contributed by atoms with Gasteiger partial charge in [0.15, 0.2) is 5.16 Å². The lowest BCUT2D eigenvalue weighted by molar-refractivity contribution is -0.115. The maximum atomic E-state index is 12.4. The van der Waals surface area contributed by atoms with Gasteiger partial charge in [-0.1, -0.05) is 23.4 Å². The number of nitrogens with zero attached hydrogens (tertiary/aromatic N) is 2. The van der Waals surface area contributed by atoms with Crippen molar-refractivity contribution in [2.24, 2.45) is 0 Å². The van der Waals surface area contributed by atoms with Crippen LogP contribution in [-0.4, -0.2) is 27.8 Å². The number of benzene rings is 1. The van der Waals surface area contributed by atoms with Crippen molar-refractivity contribution in [2.75, 3.05) is 12.4 Å². The van der Waals surface area contributed by atoms with Crippen molar-refractivity contribution in [3.8, 4) is 5.75 Å². The lowest BCUT2D eigenvalue weighted by Gasteiger charge is -2.15. The summed E-state index contributed by atoms with van der Waals surface area (Å²) in [6.45, 7) is 6.59. The molecule has 1 aromatic carbocycles. The molecule has 7 heteroatoms. The summed E-state index contributed by atoms with van der Waals surface area (Å²) in [5.74, 6) is 0.432. The van der Waals surface area contributed by atoms with Gasteiger partial charge < -0.3 is 14.6 Å². The minimum Gasteiger partial charge on any atom is -0.495 e. The van der Waals surface area contributed by atoms with E-state index in [0.29, 0.717) is 16.5 Å². The van der Waals surface area contributed by atoms with Crippen LogP contribution in [0.25, 0.3) is 0 Å². The van der Waals surface area contributed by atoms with E-state index in [2.05, 4.69) is 10.3 Å². The van der Waals surface area contributed by atoms with Gasteiger partial charge in [-0.3, -0.25) is 4.79 Å². The van der Waals surface area contributed by atoms with Crippen molar-refractivity contribution >= 4 is 35.0 Å². The van der Waals surface area contributed by atoms with Crippen molar-refractivity contribution in [1.29, 1.82) is 0 Å². The van der Waals surface area contributed by atoms with E-state index in [1.807, 2.05) is 37.6 Å². The smallest absolute Gasteiger partial charge is 0.237 e. The van der Waals surface area contributed by atoms with Crippen LogP contribution in [0.4, 0.5) is 5.69 Å². The second kappa shape index (κ2) is 7.75. The van der Waals surface area contributed by atoms with Crippen molar-refractivity contribution in [2.45, 2.75) is 37.7 Å². The number of rotatable bonds is 6. The summed E-state index contributed by atoms with van der Waals surface area (Å²) in [5, 5.41) is 4.04. The first-order valence-corrected chi connectivity index (χ1v) is 8.54. The minimum absolute atomic E-state index is 0.110. The third kappa shape index (κ3) is 4.20. The normalized spacial score (nSPS) is 12.0. The molecule has 0 aliphatic rings. The highest BCUT2D eigenvalue weighted by molar-refractivity contribution is 8.00. The SMILES string of the molecule is CCn1ccnc1SC(C)C(=O)Nc1cc(C)c(Cl)cc1OC. The molecule has 5 nitrogen and oxygen atoms in total. The summed E-state index contributed by atoms with van der Waals surface area (Å²) < 4.78 is 7.28. The lowest BCUT2D eigenvalue weighted by Crippen LogP contribution is -2.23. The Morgan fingerprint density at radius 3 is 2.91 bits per heavy atom. The molecule has 1 aromatic heterocycles. The number of aryl methyl sites for hydroxylation is 2. The lowest BCUT2D eigenvalue weighted by atomic mass is 10.2. The van der Waals surface area contributed by atoms with Crippen LogP contribution < -0.4 is 10.1 Å². The minimum atomic E-state index is -0.289. The Balaban J connectivity index is 2.11. The molecular weight excluding hydrogens is 334 g/mol. The molecule has 2 rings (SSSR count). The Morgan fingerprint density at radius 1 is 1.52 bits per heavy atom. The van der Waals surface area contributed by atoms with Crippen molar-refractivity contribution in [1.82, 2.24) is 9.55 Å². The molecule has 0 saturated heterocycles. The fourth-order valence-electron chi connectivity index (χ4n) is 2.03. The molecule has 0 fully saturated rings. The first-order valence-electron chi connectivity index (χ1n) is 7.29. The molecule has 1 N–H and O–H groups in total. The van der Waals surface area contributed by atoms with Crippen LogP contribution in [0.5, 0.6) is 5.75 Å². The number of anilines is 1. The molecule has 0 bridgehead atoms. The van der Waals surface area contributed by atoms with Gasteiger partial charge in [0.25, 0.3) is 0 Å². The van der Waals surface area contributed by atoms with Gasteiger partial charge in [-0.25, -0.2) is 4.98 Å². The van der Waals surface area contributed by atoms with E-state index in [4.69, 9.17) is 16.3 Å². The number of hydrogen-bond acceptors (Lipinski definition) is 4. The summed E-state index contributed by atoms with van der Waals surface area (Å²) in [6.07, 6.45) is 3.64. The van der Waals surface area contributed by atoms with E-state index in [-0.39, 0.29) is 11.2 Å². The standard InChI is InChI=1S/C16H20ClN3O2S/c1-5-20-7-6-18-16(20)23-11(3)15(21)19-13-8-10(2)12(17)9-14(13)22-4/h6-9,11H,5H2,1-4H3,(H,19,21). The second-order valence-corrected chi connectivity index (χ2v) is 6.76. The molecule has 0 aliphatic heterocycles. The van der Waals surface area contributed by atoms with Crippen LogP contribution in [-0.2, 0) is 11.3 Å². The van der Waals surface area contributed by atoms with E-state index in [1.165, 1.54) is 11.8 Å². The Hall–Kier alpha value is -1.66. The average molecular weight is 354 g/mol. The number of hydrogen-bond donors (Lipinski definition) is 1. The number of amides is 1. The van der Waals surface area contributed by atoms with Crippen LogP contribution >= 0.6 is 23.4 Å². The summed E-state index contributed by atoms with van der Waals surface area (Å²) in [6, 6.07) is 3.51. The molecule has 0 spiro atoms. The van der Waals surface area contributed by atoms with Gasteiger partial charge in [0.05, 0.1) is 18.0 Å². The Morgan fingerprint density at radius 2 is 2.26 bits per heavy atom. The molecule has 1 unspecified atom stereocenters. The Bertz CT molecular complexity index is 703. The zero-order chi connectivity index (χ0) is 17.0. The number of ether oxygens (including phenoxy) is 1. The maximum Gasteiger partial charge on any atom is 0.237 e. The van der Waals surface area contributed by atoms with Crippen molar-refractivity contribution in [3.63, 3.8) is 0 Å². The number of methoxy groups -OCH3 is 1. The van der Waals surface area contributed by atoms with Gasteiger partial charge >= 0.3 is 0 Å². The fraction of sp³-hybridized carbons (Fsp3) is 0.375. The van der Waals surface area contributed by atoms with Gasteiger partial charge in [0, 0.05) is 30.0 Å². The number of carbonyl (C=O) groups is 1.